The van der Waals surface area contributed by atoms with Crippen LogP contribution in [0.25, 0.3) is 33.4 Å². The molecule has 2 N–H and O–H groups in total. The van der Waals surface area contributed by atoms with Crippen LogP contribution in [-0.4, -0.2) is 105 Å². The van der Waals surface area contributed by atoms with Crippen molar-refractivity contribution in [3.05, 3.63) is 53.9 Å². The molecule has 0 saturated heterocycles. The number of ether oxygens (including phenoxy) is 4. The van der Waals surface area contributed by atoms with E-state index in [9.17, 15) is 9.59 Å². The van der Waals surface area contributed by atoms with Crippen molar-refractivity contribution in [3.8, 4) is 33.9 Å². The Bertz CT molecular complexity index is 1800. The molecule has 0 spiro atoms. The number of carboxylic acid groups (broad SMARTS) is 1. The molecule has 12 heteroatoms. The number of hydrogen-bond donors (Lipinski definition) is 2. The van der Waals surface area contributed by atoms with E-state index in [-0.39, 0.29) is 18.9 Å². The van der Waals surface area contributed by atoms with Crippen molar-refractivity contribution in [2.45, 2.75) is 26.2 Å². The molecule has 2 aromatic rings. The Labute approximate surface area is 294 Å². The molecule has 270 valence electrons. The van der Waals surface area contributed by atoms with Crippen molar-refractivity contribution < 1.29 is 38.1 Å². The van der Waals surface area contributed by atoms with Crippen molar-refractivity contribution in [1.82, 2.24) is 9.89 Å². The molecule has 0 aromatic heterocycles. The van der Waals surface area contributed by atoms with Crippen LogP contribution in [0.2, 0.25) is 0 Å². The predicted molar refractivity (Wildman–Crippen MR) is 197 cm³/mol. The Morgan fingerprint density at radius 1 is 0.880 bits per heavy atom. The molecule has 50 heavy (non-hydrogen) atoms. The van der Waals surface area contributed by atoms with E-state index in [1.807, 2.05) is 40.3 Å². The summed E-state index contributed by atoms with van der Waals surface area (Å²) in [6, 6.07) is 16.5. The summed E-state index contributed by atoms with van der Waals surface area (Å²) in [5.41, 5.74) is 5.52. The summed E-state index contributed by atoms with van der Waals surface area (Å²) in [5, 5.41) is 13.5. The van der Waals surface area contributed by atoms with Crippen LogP contribution in [0.3, 0.4) is 0 Å². The van der Waals surface area contributed by atoms with Gasteiger partial charge in [0.1, 0.15) is 36.9 Å². The van der Waals surface area contributed by atoms with Gasteiger partial charge in [-0.2, -0.15) is 0 Å². The smallest absolute Gasteiger partial charge is 0.305 e. The van der Waals surface area contributed by atoms with E-state index in [1.165, 1.54) is 0 Å². The van der Waals surface area contributed by atoms with E-state index >= 15 is 0 Å². The molecule has 2 aromatic carbocycles. The van der Waals surface area contributed by atoms with Crippen LogP contribution >= 0.6 is 0 Å². The van der Waals surface area contributed by atoms with Gasteiger partial charge in [0.05, 0.1) is 58.8 Å². The van der Waals surface area contributed by atoms with Gasteiger partial charge in [-0.15, -0.1) is 0 Å². The molecule has 0 unspecified atom stereocenters. The van der Waals surface area contributed by atoms with Gasteiger partial charge in [-0.1, -0.05) is 0 Å². The van der Waals surface area contributed by atoms with Crippen LogP contribution in [0.5, 0.6) is 11.5 Å². The second-order valence-electron chi connectivity index (χ2n) is 12.3. The molecular weight excluding hydrogens is 640 g/mol. The predicted octanol–water partition coefficient (Wildman–Crippen LogP) is 4.55. The molecule has 1 heterocycles. The van der Waals surface area contributed by atoms with Crippen LogP contribution in [0.15, 0.2) is 52.9 Å². The largest absolute Gasteiger partial charge is 0.496 e. The maximum atomic E-state index is 12.5. The highest BCUT2D eigenvalue weighted by atomic mass is 16.5. The first kappa shape index (κ1) is 38.0. The summed E-state index contributed by atoms with van der Waals surface area (Å²) in [7, 11) is 11.4. The van der Waals surface area contributed by atoms with Gasteiger partial charge < -0.3 is 43.6 Å². The number of methoxy groups -OCH3 is 2. The Morgan fingerprint density at radius 2 is 1.62 bits per heavy atom. The van der Waals surface area contributed by atoms with Gasteiger partial charge in [-0.3, -0.25) is 9.59 Å². The number of carbonyl (C=O) groups excluding carboxylic acids is 1. The number of nitrogens with zero attached hydrogens (tertiary/aromatic N) is 3. The third-order valence-corrected chi connectivity index (χ3v) is 8.45. The molecule has 1 aliphatic carbocycles. The average molecular weight is 692 g/mol. The average Bonchev–Trinajstić information content (AvgIpc) is 3.10. The topological polar surface area (TPSA) is 126 Å². The quantitative estimate of drug-likeness (QED) is 0.0822. The maximum Gasteiger partial charge on any atom is 0.305 e. The summed E-state index contributed by atoms with van der Waals surface area (Å²) in [4.78, 5) is 27.3. The molecule has 0 saturated carbocycles. The van der Waals surface area contributed by atoms with E-state index in [0.717, 1.165) is 50.2 Å². The molecule has 0 fully saturated rings. The second kappa shape index (κ2) is 18.3. The first-order valence-corrected chi connectivity index (χ1v) is 16.9. The number of amides is 1. The van der Waals surface area contributed by atoms with Gasteiger partial charge in [-0.05, 0) is 37.6 Å². The summed E-state index contributed by atoms with van der Waals surface area (Å²) < 4.78 is 31.3. The highest BCUT2D eigenvalue weighted by Crippen LogP contribution is 2.47. The Balaban J connectivity index is 1.53. The highest BCUT2D eigenvalue weighted by molar-refractivity contribution is 6.04. The fourth-order valence-electron chi connectivity index (χ4n) is 5.75. The number of nitrogens with one attached hydrogen (secondary N) is 1. The third-order valence-electron chi connectivity index (χ3n) is 8.45. The van der Waals surface area contributed by atoms with E-state index in [2.05, 4.69) is 63.0 Å². The minimum Gasteiger partial charge on any atom is -0.496 e. The molecule has 4 rings (SSSR count). The fourth-order valence-corrected chi connectivity index (χ4v) is 5.75. The van der Waals surface area contributed by atoms with Crippen LogP contribution < -0.4 is 34.5 Å². The van der Waals surface area contributed by atoms with Crippen molar-refractivity contribution in [2.24, 2.45) is 0 Å². The lowest BCUT2D eigenvalue weighted by Gasteiger charge is -2.27. The SMILES string of the molecule is CCN(CCCC(=O)NCCOCCOCCC(=O)O)c1cc(OC)c(-c2c3ccc(=[N+](C)C)cc-3oc3cc(N(C)C)ccc23)cc1OC. The van der Waals surface area contributed by atoms with Crippen LogP contribution in [-0.2, 0) is 19.1 Å². The zero-order chi connectivity index (χ0) is 36.2. The number of hydrogen-bond acceptors (Lipinski definition) is 9. The number of carboxylic acids is 1. The van der Waals surface area contributed by atoms with Crippen molar-refractivity contribution in [1.29, 1.82) is 0 Å². The van der Waals surface area contributed by atoms with Crippen molar-refractivity contribution >= 4 is 34.2 Å². The van der Waals surface area contributed by atoms with E-state index in [1.54, 1.807) is 14.2 Å². The lowest BCUT2D eigenvalue weighted by atomic mass is 9.92. The molecule has 1 aliphatic heterocycles. The van der Waals surface area contributed by atoms with Gasteiger partial charge >= 0.3 is 5.97 Å². The zero-order valence-corrected chi connectivity index (χ0v) is 30.3. The molecule has 1 amide bonds. The molecular formula is C38H51N4O8+. The number of fused-ring (bicyclic) bond motifs is 2. The zero-order valence-electron chi connectivity index (χ0n) is 30.3. The fraction of sp³-hybridized carbons (Fsp3) is 0.447. The number of benzene rings is 3. The Kier molecular flexibility index (Phi) is 13.9. The lowest BCUT2D eigenvalue weighted by molar-refractivity contribution is -0.138. The first-order chi connectivity index (χ1) is 24.1. The number of carbonyl (C=O) groups is 2. The van der Waals surface area contributed by atoms with Gasteiger partial charge in [0.25, 0.3) is 0 Å². The molecule has 0 bridgehead atoms. The molecule has 0 radical (unpaired) electrons. The van der Waals surface area contributed by atoms with E-state index < -0.39 is 5.97 Å². The minimum absolute atomic E-state index is 0.0349. The third kappa shape index (κ3) is 9.66. The van der Waals surface area contributed by atoms with Crippen molar-refractivity contribution in [3.63, 3.8) is 0 Å². The Hall–Kier alpha value is -4.81. The molecule has 2 aliphatic rings. The monoisotopic (exact) mass is 691 g/mol. The summed E-state index contributed by atoms with van der Waals surface area (Å²) in [5.74, 6) is 1.22. The van der Waals surface area contributed by atoms with Gasteiger partial charge in [-0.25, -0.2) is 4.58 Å². The number of aliphatic carboxylic acids is 1. The lowest BCUT2D eigenvalue weighted by Crippen LogP contribution is -2.29. The number of rotatable bonds is 19. The highest BCUT2D eigenvalue weighted by Gasteiger charge is 2.24. The minimum atomic E-state index is -0.895. The van der Waals surface area contributed by atoms with Gasteiger partial charge in [0.2, 0.25) is 11.3 Å². The van der Waals surface area contributed by atoms with Crippen LogP contribution in [0.1, 0.15) is 26.2 Å². The van der Waals surface area contributed by atoms with Crippen molar-refractivity contribution in [2.75, 3.05) is 98.3 Å². The maximum absolute atomic E-state index is 12.5. The van der Waals surface area contributed by atoms with E-state index in [4.69, 9.17) is 28.5 Å². The van der Waals surface area contributed by atoms with Gasteiger partial charge in [0, 0.05) is 86.1 Å². The molecule has 12 nitrogen and oxygen atoms in total. The van der Waals surface area contributed by atoms with Crippen LogP contribution in [0, 0.1) is 0 Å². The normalized spacial score (nSPS) is 11.1. The first-order valence-electron chi connectivity index (χ1n) is 16.9. The number of anilines is 2. The second-order valence-corrected chi connectivity index (χ2v) is 12.3. The van der Waals surface area contributed by atoms with Crippen LogP contribution in [0.4, 0.5) is 11.4 Å². The summed E-state index contributed by atoms with van der Waals surface area (Å²) in [6.45, 7) is 4.98. The van der Waals surface area contributed by atoms with E-state index in [0.29, 0.717) is 63.8 Å². The molecule has 0 atom stereocenters. The standard InChI is InChI=1S/C38H50N4O8/c1-8-42(17-9-10-36(43)39-16-19-49-21-20-48-18-15-37(44)45)31-25-32(46-6)30(24-35(31)47-7)38-28-13-11-26(40(2)3)22-33(28)50-34-23-27(41(4)5)12-14-29(34)38/h11-14,22-25H,8-10,15-21H2,1-7H3,(H-,39,43,44,45)/p+1. The summed E-state index contributed by atoms with van der Waals surface area (Å²) in [6.07, 6.45) is 0.970. The summed E-state index contributed by atoms with van der Waals surface area (Å²) >= 11 is 0. The Morgan fingerprint density at radius 3 is 2.28 bits per heavy atom. The van der Waals surface area contributed by atoms with Gasteiger partial charge in [0.15, 0.2) is 0 Å².